The van der Waals surface area contributed by atoms with E-state index in [2.05, 4.69) is 0 Å². The van der Waals surface area contributed by atoms with E-state index in [1.807, 2.05) is 0 Å². The Morgan fingerprint density at radius 1 is 1.14 bits per heavy atom. The second-order valence-electron chi connectivity index (χ2n) is 7.61. The molecule has 1 saturated heterocycles. The number of amides is 1. The molecular weight excluding hydrogens is 393 g/mol. The Hall–Kier alpha value is -1.61. The van der Waals surface area contributed by atoms with Crippen molar-refractivity contribution in [3.63, 3.8) is 0 Å². The van der Waals surface area contributed by atoms with Crippen molar-refractivity contribution in [2.75, 3.05) is 18.8 Å². The zero-order valence-corrected chi connectivity index (χ0v) is 16.9. The van der Waals surface area contributed by atoms with Crippen LogP contribution in [0.5, 0.6) is 0 Å². The Labute approximate surface area is 164 Å². The highest BCUT2D eigenvalue weighted by Gasteiger charge is 2.28. The van der Waals surface area contributed by atoms with E-state index in [4.69, 9.17) is 5.73 Å². The quantitative estimate of drug-likeness (QED) is 0.687. The molecule has 5 nitrogen and oxygen atoms in total. The molecule has 1 aliphatic heterocycles. The van der Waals surface area contributed by atoms with Crippen LogP contribution in [0, 0.1) is 23.4 Å². The molecule has 158 valence electrons. The van der Waals surface area contributed by atoms with Crippen LogP contribution in [0.25, 0.3) is 0 Å². The minimum atomic E-state index is -3.26. The fraction of sp³-hybridized carbons (Fsp3) is 0.632. The molecule has 1 aliphatic rings. The number of halogens is 3. The summed E-state index contributed by atoms with van der Waals surface area (Å²) in [7, 11) is -3.26. The molecule has 1 aromatic carbocycles. The first-order valence-corrected chi connectivity index (χ1v) is 11.1. The molecule has 0 spiro atoms. The number of benzene rings is 1. The number of sulfone groups is 1. The van der Waals surface area contributed by atoms with E-state index in [-0.39, 0.29) is 36.0 Å². The average Bonchev–Trinajstić information content (AvgIpc) is 2.64. The molecule has 1 aromatic rings. The first-order chi connectivity index (χ1) is 13.0. The van der Waals surface area contributed by atoms with E-state index in [1.54, 1.807) is 18.7 Å². The van der Waals surface area contributed by atoms with Crippen LogP contribution in [0.15, 0.2) is 12.1 Å². The van der Waals surface area contributed by atoms with Gasteiger partial charge >= 0.3 is 0 Å². The molecule has 9 heteroatoms. The fourth-order valence-corrected chi connectivity index (χ4v) is 4.27. The monoisotopic (exact) mass is 420 g/mol. The van der Waals surface area contributed by atoms with Gasteiger partial charge in [-0.25, -0.2) is 21.6 Å². The molecular formula is C19H27F3N2O3S. The van der Waals surface area contributed by atoms with Crippen LogP contribution in [0.3, 0.4) is 0 Å². The van der Waals surface area contributed by atoms with Gasteiger partial charge in [-0.3, -0.25) is 4.79 Å². The Balaban J connectivity index is 1.86. The lowest BCUT2D eigenvalue weighted by atomic mass is 9.86. The van der Waals surface area contributed by atoms with E-state index < -0.39 is 38.6 Å². The molecule has 1 amide bonds. The van der Waals surface area contributed by atoms with Gasteiger partial charge < -0.3 is 10.6 Å². The molecule has 1 unspecified atom stereocenters. The number of hydrogen-bond acceptors (Lipinski definition) is 4. The molecule has 0 aromatic heterocycles. The van der Waals surface area contributed by atoms with Gasteiger partial charge in [-0.15, -0.1) is 0 Å². The van der Waals surface area contributed by atoms with Crippen LogP contribution in [0.1, 0.15) is 38.7 Å². The molecule has 1 heterocycles. The number of nitrogens with zero attached hydrogens (tertiary/aromatic N) is 1. The van der Waals surface area contributed by atoms with Crippen LogP contribution in [0.2, 0.25) is 0 Å². The normalized spacial score (nSPS) is 17.2. The van der Waals surface area contributed by atoms with E-state index >= 15 is 0 Å². The summed E-state index contributed by atoms with van der Waals surface area (Å²) in [5.74, 6) is -3.54. The first kappa shape index (κ1) is 22.7. The topological polar surface area (TPSA) is 80.5 Å². The van der Waals surface area contributed by atoms with E-state index in [9.17, 15) is 26.4 Å². The van der Waals surface area contributed by atoms with Crippen LogP contribution in [0.4, 0.5) is 13.2 Å². The van der Waals surface area contributed by atoms with Gasteiger partial charge in [0.1, 0.15) is 5.82 Å². The lowest BCUT2D eigenvalue weighted by molar-refractivity contribution is -0.132. The van der Waals surface area contributed by atoms with Gasteiger partial charge in [-0.2, -0.15) is 0 Å². The Kier molecular flexibility index (Phi) is 7.50. The third-order valence-electron chi connectivity index (χ3n) is 5.36. The summed E-state index contributed by atoms with van der Waals surface area (Å²) in [4.78, 5) is 13.9. The lowest BCUT2D eigenvalue weighted by Crippen LogP contribution is -2.44. The summed E-state index contributed by atoms with van der Waals surface area (Å²) in [5, 5.41) is -0.513. The zero-order valence-electron chi connectivity index (χ0n) is 16.1. The first-order valence-electron chi connectivity index (χ1n) is 9.39. The number of carbonyl (C=O) groups excluding carboxylic acids is 1. The van der Waals surface area contributed by atoms with Gasteiger partial charge in [-0.1, -0.05) is 0 Å². The Morgan fingerprint density at radius 3 is 2.29 bits per heavy atom. The van der Waals surface area contributed by atoms with Crippen LogP contribution >= 0.6 is 0 Å². The predicted octanol–water partition coefficient (Wildman–Crippen LogP) is 2.43. The molecule has 1 atom stereocenters. The van der Waals surface area contributed by atoms with Crippen molar-refractivity contribution in [3.8, 4) is 0 Å². The van der Waals surface area contributed by atoms with Gasteiger partial charge in [0.05, 0.1) is 11.0 Å². The summed E-state index contributed by atoms with van der Waals surface area (Å²) < 4.78 is 63.8. The molecule has 2 N–H and O–H groups in total. The molecule has 0 bridgehead atoms. The standard InChI is InChI=1S/C19H27F3N2O3S/c1-12(2)28(26,27)8-5-19(25)24-6-3-13(4-7-24)18(23)10-14-9-16(21)17(22)11-15(14)20/h9,11-13,18H,3-8,10,23H2,1-2H3. The number of nitrogens with two attached hydrogens (primary N) is 1. The third kappa shape index (κ3) is 5.70. The Morgan fingerprint density at radius 2 is 1.71 bits per heavy atom. The molecule has 0 aliphatic carbocycles. The highest BCUT2D eigenvalue weighted by Crippen LogP contribution is 2.24. The minimum Gasteiger partial charge on any atom is -0.343 e. The van der Waals surface area contributed by atoms with Gasteiger partial charge in [0, 0.05) is 31.6 Å². The molecule has 2 rings (SSSR count). The minimum absolute atomic E-state index is 0.0101. The van der Waals surface area contributed by atoms with E-state index in [1.165, 1.54) is 0 Å². The number of hydrogen-bond donors (Lipinski definition) is 1. The maximum absolute atomic E-state index is 13.8. The van der Waals surface area contributed by atoms with E-state index in [0.717, 1.165) is 6.07 Å². The highest BCUT2D eigenvalue weighted by molar-refractivity contribution is 7.91. The zero-order chi connectivity index (χ0) is 21.1. The van der Waals surface area contributed by atoms with E-state index in [0.29, 0.717) is 32.0 Å². The van der Waals surface area contributed by atoms with Gasteiger partial charge in [-0.05, 0) is 50.7 Å². The number of piperidine rings is 1. The molecule has 0 radical (unpaired) electrons. The third-order valence-corrected chi connectivity index (χ3v) is 7.57. The van der Waals surface area contributed by atoms with Crippen LogP contribution < -0.4 is 5.73 Å². The molecule has 1 fully saturated rings. The number of rotatable bonds is 7. The number of likely N-dealkylation sites (tertiary alicyclic amines) is 1. The summed E-state index contributed by atoms with van der Waals surface area (Å²) in [5.41, 5.74) is 6.17. The van der Waals surface area contributed by atoms with Crippen molar-refractivity contribution in [2.45, 2.75) is 50.8 Å². The maximum atomic E-state index is 13.8. The lowest BCUT2D eigenvalue weighted by Gasteiger charge is -2.35. The number of carbonyl (C=O) groups is 1. The largest absolute Gasteiger partial charge is 0.343 e. The Bertz CT molecular complexity index is 807. The second kappa shape index (κ2) is 9.26. The van der Waals surface area contributed by atoms with Crippen molar-refractivity contribution in [1.82, 2.24) is 4.90 Å². The molecule has 28 heavy (non-hydrogen) atoms. The summed E-state index contributed by atoms with van der Waals surface area (Å²) >= 11 is 0. The van der Waals surface area contributed by atoms with Gasteiger partial charge in [0.2, 0.25) is 5.91 Å². The SMILES string of the molecule is CC(C)S(=O)(=O)CCC(=O)N1CCC(C(N)Cc2cc(F)c(F)cc2F)CC1. The van der Waals surface area contributed by atoms with Gasteiger partial charge in [0.15, 0.2) is 21.5 Å². The summed E-state index contributed by atoms with van der Waals surface area (Å²) in [6, 6.07) is 0.903. The van der Waals surface area contributed by atoms with Crippen molar-refractivity contribution < 1.29 is 26.4 Å². The smallest absolute Gasteiger partial charge is 0.223 e. The van der Waals surface area contributed by atoms with Crippen molar-refractivity contribution in [1.29, 1.82) is 0 Å². The fourth-order valence-electron chi connectivity index (χ4n) is 3.34. The van der Waals surface area contributed by atoms with Gasteiger partial charge in [0.25, 0.3) is 0 Å². The van der Waals surface area contributed by atoms with Crippen molar-refractivity contribution in [2.24, 2.45) is 11.7 Å². The van der Waals surface area contributed by atoms with Crippen LogP contribution in [-0.4, -0.2) is 49.4 Å². The second-order valence-corrected chi connectivity index (χ2v) is 10.3. The summed E-state index contributed by atoms with van der Waals surface area (Å²) in [6.07, 6.45) is 1.22. The molecule has 0 saturated carbocycles. The highest BCUT2D eigenvalue weighted by atomic mass is 32.2. The van der Waals surface area contributed by atoms with Crippen molar-refractivity contribution in [3.05, 3.63) is 35.1 Å². The summed E-state index contributed by atoms with van der Waals surface area (Å²) in [6.45, 7) is 4.06. The maximum Gasteiger partial charge on any atom is 0.223 e. The van der Waals surface area contributed by atoms with Crippen LogP contribution in [-0.2, 0) is 21.1 Å². The van der Waals surface area contributed by atoms with Crippen molar-refractivity contribution >= 4 is 15.7 Å². The predicted molar refractivity (Wildman–Crippen MR) is 101 cm³/mol. The average molecular weight is 420 g/mol.